The quantitative estimate of drug-likeness (QED) is 0.621. The zero-order chi connectivity index (χ0) is 17.0. The second-order valence-corrected chi connectivity index (χ2v) is 5.92. The molecule has 0 bridgehead atoms. The van der Waals surface area contributed by atoms with Crippen LogP contribution in [0.3, 0.4) is 0 Å². The number of hydrogen-bond acceptors (Lipinski definition) is 4. The van der Waals surface area contributed by atoms with E-state index < -0.39 is 17.4 Å². The molecule has 0 spiro atoms. The van der Waals surface area contributed by atoms with Gasteiger partial charge in [0.2, 0.25) is 0 Å². The van der Waals surface area contributed by atoms with Gasteiger partial charge >= 0.3 is 6.09 Å². The molecule has 0 radical (unpaired) electrons. The maximum atomic E-state index is 14.4. The van der Waals surface area contributed by atoms with Crippen molar-refractivity contribution >= 4 is 23.4 Å². The predicted octanol–water partition coefficient (Wildman–Crippen LogP) is 1.58. The van der Waals surface area contributed by atoms with Crippen molar-refractivity contribution in [3.8, 4) is 0 Å². The smallest absolute Gasteiger partial charge is 0.410 e. The van der Waals surface area contributed by atoms with Crippen molar-refractivity contribution in [1.29, 1.82) is 0 Å². The van der Waals surface area contributed by atoms with E-state index >= 15 is 0 Å². The molecular weight excluding hydrogens is 323 g/mol. The molecule has 1 aromatic rings. The Morgan fingerprint density at radius 1 is 1.52 bits per heavy atom. The van der Waals surface area contributed by atoms with Gasteiger partial charge in [-0.05, 0) is 24.7 Å². The second-order valence-electron chi connectivity index (χ2n) is 5.51. The highest BCUT2D eigenvalue weighted by atomic mass is 32.1. The molecule has 0 aromatic heterocycles. The summed E-state index contributed by atoms with van der Waals surface area (Å²) in [5, 5.41) is 23.4. The summed E-state index contributed by atoms with van der Waals surface area (Å²) in [6.45, 7) is -0.211. The molecule has 4 N–H and O–H groups in total. The van der Waals surface area contributed by atoms with Gasteiger partial charge in [0.15, 0.2) is 5.11 Å². The number of hydrogen-bond donors (Lipinski definition) is 4. The minimum absolute atomic E-state index is 0.143. The van der Waals surface area contributed by atoms with Crippen LogP contribution in [0.2, 0.25) is 0 Å². The highest BCUT2D eigenvalue weighted by Gasteiger charge is 2.50. The van der Waals surface area contributed by atoms with Gasteiger partial charge in [0.25, 0.3) is 0 Å². The monoisotopic (exact) mass is 342 g/mol. The fourth-order valence-corrected chi connectivity index (χ4v) is 3.51. The van der Waals surface area contributed by atoms with Crippen molar-refractivity contribution < 1.29 is 24.1 Å². The number of thiocarbonyl (C=S) groups is 1. The van der Waals surface area contributed by atoms with Gasteiger partial charge in [-0.3, -0.25) is 5.32 Å². The molecule has 1 aliphatic rings. The van der Waals surface area contributed by atoms with Crippen molar-refractivity contribution in [2.24, 2.45) is 5.92 Å². The average Bonchev–Trinajstić information content (AvgIpc) is 2.85. The van der Waals surface area contributed by atoms with Crippen LogP contribution in [0.25, 0.3) is 0 Å². The molecule has 3 unspecified atom stereocenters. The molecule has 1 amide bonds. The first-order valence-electron chi connectivity index (χ1n) is 7.13. The topological polar surface area (TPSA) is 90.8 Å². The van der Waals surface area contributed by atoms with Crippen LogP contribution in [0, 0.1) is 11.7 Å². The summed E-state index contributed by atoms with van der Waals surface area (Å²) >= 11 is 5.01. The molecule has 8 heteroatoms. The van der Waals surface area contributed by atoms with Crippen LogP contribution in [0.15, 0.2) is 24.3 Å². The third kappa shape index (κ3) is 3.60. The fraction of sp³-hybridized carbons (Fsp3) is 0.467. The number of carbonyl (C=O) groups is 1. The fourth-order valence-electron chi connectivity index (χ4n) is 3.24. The Morgan fingerprint density at radius 3 is 2.78 bits per heavy atom. The first kappa shape index (κ1) is 17.6. The van der Waals surface area contributed by atoms with Gasteiger partial charge in [0.1, 0.15) is 5.82 Å². The maximum absolute atomic E-state index is 14.4. The summed E-state index contributed by atoms with van der Waals surface area (Å²) in [7, 11) is 1.55. The van der Waals surface area contributed by atoms with Crippen molar-refractivity contribution in [3.63, 3.8) is 0 Å². The largest absolute Gasteiger partial charge is 0.465 e. The number of aliphatic hydroxyl groups is 1. The van der Waals surface area contributed by atoms with E-state index in [0.29, 0.717) is 18.4 Å². The highest BCUT2D eigenvalue weighted by molar-refractivity contribution is 7.80. The third-order valence-electron chi connectivity index (χ3n) is 4.26. The number of amides is 1. The van der Waals surface area contributed by atoms with E-state index in [1.165, 1.54) is 6.07 Å². The van der Waals surface area contributed by atoms with Crippen LogP contribution in [0.4, 0.5) is 9.18 Å². The Balaban J connectivity index is 2.44. The number of benzene rings is 1. The number of nitrogens with one attached hydrogen (secondary N) is 2. The van der Waals surface area contributed by atoms with Gasteiger partial charge < -0.3 is 20.3 Å². The molecular formula is C15H19FN2O4S. The number of ether oxygens (including phenoxy) is 1. The van der Waals surface area contributed by atoms with Crippen LogP contribution in [0.1, 0.15) is 18.4 Å². The summed E-state index contributed by atoms with van der Waals surface area (Å²) < 4.78 is 19.8. The summed E-state index contributed by atoms with van der Waals surface area (Å²) in [6, 6.07) is 6.18. The average molecular weight is 342 g/mol. The van der Waals surface area contributed by atoms with Crippen LogP contribution >= 0.6 is 12.2 Å². The number of halogens is 1. The molecule has 0 aliphatic heterocycles. The number of methoxy groups -OCH3 is 1. The Kier molecular flexibility index (Phi) is 5.51. The minimum atomic E-state index is -1.31. The first-order chi connectivity index (χ1) is 10.9. The van der Waals surface area contributed by atoms with E-state index in [0.717, 1.165) is 0 Å². The van der Waals surface area contributed by atoms with Crippen LogP contribution in [-0.4, -0.2) is 41.2 Å². The first-order valence-corrected chi connectivity index (χ1v) is 7.54. The Morgan fingerprint density at radius 2 is 2.22 bits per heavy atom. The third-order valence-corrected chi connectivity index (χ3v) is 4.46. The van der Waals surface area contributed by atoms with Gasteiger partial charge in [-0.2, -0.15) is 0 Å². The molecule has 1 aromatic carbocycles. The number of carboxylic acid groups (broad SMARTS) is 1. The minimum Gasteiger partial charge on any atom is -0.465 e. The van der Waals surface area contributed by atoms with Crippen molar-refractivity contribution in [2.75, 3.05) is 13.7 Å². The standard InChI is InChI=1S/C15H19FN2O4S/c1-22-10-6-9(8-19)15(7-10,18-13(23)17-14(20)21)11-4-2-3-5-12(11)16/h2-5,9-10,19H,6-8H2,1H3,(H,20,21)(H2,17,18,23). The van der Waals surface area contributed by atoms with Crippen LogP contribution in [-0.2, 0) is 10.3 Å². The lowest BCUT2D eigenvalue weighted by molar-refractivity contribution is 0.0992. The number of aliphatic hydroxyl groups excluding tert-OH is 1. The number of rotatable bonds is 4. The molecule has 126 valence electrons. The van der Waals surface area contributed by atoms with Crippen molar-refractivity contribution in [2.45, 2.75) is 24.5 Å². The van der Waals surface area contributed by atoms with E-state index in [2.05, 4.69) is 10.6 Å². The molecule has 1 aliphatic carbocycles. The van der Waals surface area contributed by atoms with Crippen LogP contribution in [0.5, 0.6) is 0 Å². The molecule has 1 saturated carbocycles. The lowest BCUT2D eigenvalue weighted by Gasteiger charge is -2.37. The summed E-state index contributed by atoms with van der Waals surface area (Å²) in [5.41, 5.74) is -0.714. The lowest BCUT2D eigenvalue weighted by Crippen LogP contribution is -2.54. The molecule has 0 saturated heterocycles. The molecule has 0 heterocycles. The van der Waals surface area contributed by atoms with E-state index in [-0.39, 0.29) is 23.7 Å². The van der Waals surface area contributed by atoms with Gasteiger partial charge in [-0.1, -0.05) is 18.2 Å². The van der Waals surface area contributed by atoms with Gasteiger partial charge in [0, 0.05) is 31.6 Å². The van der Waals surface area contributed by atoms with Gasteiger partial charge in [0.05, 0.1) is 11.6 Å². The van der Waals surface area contributed by atoms with E-state index in [9.17, 15) is 14.3 Å². The maximum Gasteiger partial charge on any atom is 0.410 e. The molecule has 6 nitrogen and oxygen atoms in total. The van der Waals surface area contributed by atoms with Crippen LogP contribution < -0.4 is 10.6 Å². The zero-order valence-corrected chi connectivity index (χ0v) is 13.4. The summed E-state index contributed by atoms with van der Waals surface area (Å²) in [4.78, 5) is 10.8. The Bertz CT molecular complexity index is 601. The Labute approximate surface area is 138 Å². The van der Waals surface area contributed by atoms with Gasteiger partial charge in [-0.25, -0.2) is 9.18 Å². The van der Waals surface area contributed by atoms with E-state index in [1.807, 2.05) is 0 Å². The summed E-state index contributed by atoms with van der Waals surface area (Å²) in [6.07, 6.45) is -0.652. The van der Waals surface area contributed by atoms with Crippen molar-refractivity contribution in [3.05, 3.63) is 35.6 Å². The molecule has 2 rings (SSSR count). The Hall–Kier alpha value is -1.77. The predicted molar refractivity (Wildman–Crippen MR) is 85.6 cm³/mol. The lowest BCUT2D eigenvalue weighted by atomic mass is 9.80. The van der Waals surface area contributed by atoms with E-state index in [1.54, 1.807) is 25.3 Å². The van der Waals surface area contributed by atoms with E-state index in [4.69, 9.17) is 22.1 Å². The molecule has 3 atom stereocenters. The second kappa shape index (κ2) is 7.20. The summed E-state index contributed by atoms with van der Waals surface area (Å²) in [5.74, 6) is -0.828. The molecule has 23 heavy (non-hydrogen) atoms. The highest BCUT2D eigenvalue weighted by Crippen LogP contribution is 2.45. The van der Waals surface area contributed by atoms with Gasteiger partial charge in [-0.15, -0.1) is 0 Å². The SMILES string of the molecule is COC1CC(CO)C(NC(=S)NC(=O)O)(c2ccccc2F)C1. The normalized spacial score (nSPS) is 26.7. The van der Waals surface area contributed by atoms with Crippen molar-refractivity contribution in [1.82, 2.24) is 10.6 Å². The zero-order valence-electron chi connectivity index (χ0n) is 12.6. The molecule has 1 fully saturated rings.